The number of ether oxygens (including phenoxy) is 1. The second kappa shape index (κ2) is 11.6. The number of alkyl halides is 1. The first-order chi connectivity index (χ1) is 12.1. The Morgan fingerprint density at radius 3 is 2.60 bits per heavy atom. The summed E-state index contributed by atoms with van der Waals surface area (Å²) >= 11 is 6.47. The van der Waals surface area contributed by atoms with Crippen molar-refractivity contribution in [1.29, 1.82) is 0 Å². The lowest BCUT2D eigenvalue weighted by Crippen LogP contribution is -2.26. The highest BCUT2D eigenvalue weighted by Gasteiger charge is 2.40. The van der Waals surface area contributed by atoms with E-state index in [4.69, 9.17) is 21.4 Å². The SMILES string of the molecule is OCCOC/C=C\CC1C(CC[C@H](O)C2CCCCC2)[C@@H](O)C[C@@H]1Cl. The van der Waals surface area contributed by atoms with E-state index in [0.717, 1.165) is 32.1 Å². The first-order valence-corrected chi connectivity index (χ1v) is 10.4. The van der Waals surface area contributed by atoms with Gasteiger partial charge in [0.2, 0.25) is 0 Å². The Morgan fingerprint density at radius 1 is 1.12 bits per heavy atom. The third kappa shape index (κ3) is 6.84. The second-order valence-electron chi connectivity index (χ2n) is 7.70. The van der Waals surface area contributed by atoms with Gasteiger partial charge in [-0.05, 0) is 56.3 Å². The van der Waals surface area contributed by atoms with Crippen LogP contribution in [-0.2, 0) is 4.74 Å². The van der Waals surface area contributed by atoms with Crippen molar-refractivity contribution in [3.63, 3.8) is 0 Å². The first-order valence-electron chi connectivity index (χ1n) is 9.97. The minimum absolute atomic E-state index is 0.00478. The average Bonchev–Trinajstić information content (AvgIpc) is 2.89. The molecule has 2 unspecified atom stereocenters. The summed E-state index contributed by atoms with van der Waals surface area (Å²) in [7, 11) is 0. The fourth-order valence-electron chi connectivity index (χ4n) is 4.52. The molecular formula is C20H35ClO4. The van der Waals surface area contributed by atoms with Gasteiger partial charge in [0, 0.05) is 5.38 Å². The van der Waals surface area contributed by atoms with Gasteiger partial charge >= 0.3 is 0 Å². The molecule has 0 radical (unpaired) electrons. The molecule has 0 heterocycles. The number of aliphatic hydroxyl groups is 3. The molecule has 2 rings (SSSR count). The van der Waals surface area contributed by atoms with Gasteiger partial charge in [-0.1, -0.05) is 31.4 Å². The topological polar surface area (TPSA) is 69.9 Å². The summed E-state index contributed by atoms with van der Waals surface area (Å²) in [5.41, 5.74) is 0. The monoisotopic (exact) mass is 374 g/mol. The summed E-state index contributed by atoms with van der Waals surface area (Å²) in [5.74, 6) is 0.870. The molecule has 0 spiro atoms. The molecule has 0 aromatic carbocycles. The van der Waals surface area contributed by atoms with Crippen LogP contribution in [0.3, 0.4) is 0 Å². The van der Waals surface area contributed by atoms with Gasteiger partial charge in [0.25, 0.3) is 0 Å². The van der Waals surface area contributed by atoms with E-state index in [-0.39, 0.29) is 36.0 Å². The standard InChI is InChI=1S/C20H35ClO4/c21-18-14-20(24)17(16(18)8-4-5-12-25-13-11-22)9-10-19(23)15-6-2-1-3-7-15/h4-5,15-20,22-24H,1-3,6-14H2/b5-4-/t16?,17?,18-,19-,20-/m0/s1. The van der Waals surface area contributed by atoms with Crippen LogP contribution in [0.1, 0.15) is 57.8 Å². The van der Waals surface area contributed by atoms with E-state index in [1.54, 1.807) is 0 Å². The highest BCUT2D eigenvalue weighted by molar-refractivity contribution is 6.21. The molecule has 4 nitrogen and oxygen atoms in total. The van der Waals surface area contributed by atoms with Gasteiger partial charge in [0.15, 0.2) is 0 Å². The summed E-state index contributed by atoms with van der Waals surface area (Å²) in [6.45, 7) is 0.887. The van der Waals surface area contributed by atoms with E-state index < -0.39 is 0 Å². The molecule has 5 atom stereocenters. The van der Waals surface area contributed by atoms with Crippen molar-refractivity contribution in [2.75, 3.05) is 19.8 Å². The highest BCUT2D eigenvalue weighted by atomic mass is 35.5. The van der Waals surface area contributed by atoms with Gasteiger partial charge in [0.1, 0.15) is 0 Å². The van der Waals surface area contributed by atoms with E-state index in [2.05, 4.69) is 6.08 Å². The third-order valence-electron chi connectivity index (χ3n) is 5.99. The van der Waals surface area contributed by atoms with Crippen LogP contribution in [0, 0.1) is 17.8 Å². The van der Waals surface area contributed by atoms with Gasteiger partial charge in [-0.15, -0.1) is 11.6 Å². The van der Waals surface area contributed by atoms with Crippen LogP contribution in [0.5, 0.6) is 0 Å². The molecule has 2 fully saturated rings. The minimum Gasteiger partial charge on any atom is -0.394 e. The molecule has 0 aromatic rings. The molecule has 25 heavy (non-hydrogen) atoms. The van der Waals surface area contributed by atoms with Crippen LogP contribution < -0.4 is 0 Å². The first kappa shape index (κ1) is 21.2. The lowest BCUT2D eigenvalue weighted by atomic mass is 9.81. The lowest BCUT2D eigenvalue weighted by molar-refractivity contribution is 0.0536. The van der Waals surface area contributed by atoms with Gasteiger partial charge in [-0.3, -0.25) is 0 Å². The molecule has 0 aliphatic heterocycles. The number of rotatable bonds is 10. The zero-order chi connectivity index (χ0) is 18.1. The van der Waals surface area contributed by atoms with Crippen molar-refractivity contribution in [2.45, 2.75) is 75.4 Å². The molecule has 146 valence electrons. The molecule has 0 bridgehead atoms. The Kier molecular flexibility index (Phi) is 9.79. The third-order valence-corrected chi connectivity index (χ3v) is 6.49. The number of halogens is 1. The summed E-state index contributed by atoms with van der Waals surface area (Å²) < 4.78 is 5.22. The van der Waals surface area contributed by atoms with Crippen LogP contribution in [0.25, 0.3) is 0 Å². The molecule has 2 aliphatic rings. The average molecular weight is 375 g/mol. The lowest BCUT2D eigenvalue weighted by Gasteiger charge is -2.29. The van der Waals surface area contributed by atoms with Crippen LogP contribution in [0.15, 0.2) is 12.2 Å². The van der Waals surface area contributed by atoms with E-state index in [0.29, 0.717) is 25.6 Å². The fourth-order valence-corrected chi connectivity index (χ4v) is 4.99. The highest BCUT2D eigenvalue weighted by Crippen LogP contribution is 2.42. The van der Waals surface area contributed by atoms with E-state index in [9.17, 15) is 10.2 Å². The summed E-state index contributed by atoms with van der Waals surface area (Å²) in [4.78, 5) is 0. The predicted octanol–water partition coefficient (Wildman–Crippen LogP) is 3.27. The van der Waals surface area contributed by atoms with Crippen molar-refractivity contribution in [3.8, 4) is 0 Å². The number of hydrogen-bond donors (Lipinski definition) is 3. The van der Waals surface area contributed by atoms with Gasteiger partial charge in [-0.25, -0.2) is 0 Å². The van der Waals surface area contributed by atoms with Gasteiger partial charge in [0.05, 0.1) is 32.0 Å². The molecular weight excluding hydrogens is 340 g/mol. The van der Waals surface area contributed by atoms with Crippen LogP contribution >= 0.6 is 11.6 Å². The summed E-state index contributed by atoms with van der Waals surface area (Å²) in [6, 6.07) is 0. The quantitative estimate of drug-likeness (QED) is 0.312. The summed E-state index contributed by atoms with van der Waals surface area (Å²) in [5, 5.41) is 29.6. The van der Waals surface area contributed by atoms with Crippen molar-refractivity contribution in [1.82, 2.24) is 0 Å². The van der Waals surface area contributed by atoms with E-state index in [1.165, 1.54) is 19.3 Å². The van der Waals surface area contributed by atoms with Crippen molar-refractivity contribution >= 4 is 11.6 Å². The van der Waals surface area contributed by atoms with Crippen LogP contribution in [0.4, 0.5) is 0 Å². The zero-order valence-corrected chi connectivity index (χ0v) is 16.0. The normalized spacial score (nSPS) is 32.5. The van der Waals surface area contributed by atoms with E-state index in [1.807, 2.05) is 6.08 Å². The largest absolute Gasteiger partial charge is 0.394 e. The maximum Gasteiger partial charge on any atom is 0.0701 e. The van der Waals surface area contributed by atoms with Crippen LogP contribution in [-0.4, -0.2) is 52.7 Å². The Balaban J connectivity index is 1.77. The predicted molar refractivity (Wildman–Crippen MR) is 101 cm³/mol. The summed E-state index contributed by atoms with van der Waals surface area (Å²) in [6.07, 6.45) is 12.6. The van der Waals surface area contributed by atoms with Crippen molar-refractivity contribution in [2.24, 2.45) is 17.8 Å². The zero-order valence-electron chi connectivity index (χ0n) is 15.2. The van der Waals surface area contributed by atoms with E-state index >= 15 is 0 Å². The smallest absolute Gasteiger partial charge is 0.0701 e. The fraction of sp³-hybridized carbons (Fsp3) is 0.900. The Labute approximate surface area is 157 Å². The Hall–Kier alpha value is -0.130. The molecule has 5 heteroatoms. The molecule has 2 aliphatic carbocycles. The van der Waals surface area contributed by atoms with Crippen molar-refractivity contribution in [3.05, 3.63) is 12.2 Å². The van der Waals surface area contributed by atoms with Crippen LogP contribution in [0.2, 0.25) is 0 Å². The molecule has 0 amide bonds. The molecule has 2 saturated carbocycles. The molecule has 0 saturated heterocycles. The minimum atomic E-state index is -0.356. The molecule has 0 aromatic heterocycles. The number of aliphatic hydroxyl groups excluding tert-OH is 3. The number of hydrogen-bond acceptors (Lipinski definition) is 4. The maximum atomic E-state index is 10.5. The number of allylic oxidation sites excluding steroid dienone is 1. The molecule has 3 N–H and O–H groups in total. The van der Waals surface area contributed by atoms with Gasteiger partial charge < -0.3 is 20.1 Å². The maximum absolute atomic E-state index is 10.5. The second-order valence-corrected chi connectivity index (χ2v) is 8.26. The van der Waals surface area contributed by atoms with Crippen molar-refractivity contribution < 1.29 is 20.1 Å². The Morgan fingerprint density at radius 2 is 1.88 bits per heavy atom. The Bertz CT molecular complexity index is 384. The van der Waals surface area contributed by atoms with Gasteiger partial charge in [-0.2, -0.15) is 0 Å².